The van der Waals surface area contributed by atoms with E-state index in [0.717, 1.165) is 10.8 Å². The monoisotopic (exact) mass is 272 g/mol. The fourth-order valence-electron chi connectivity index (χ4n) is 1.36. The number of hydrogen-bond acceptors (Lipinski definition) is 3. The SMILES string of the molecule is OCCSc1nccn1-c1ccc(F)c(Cl)c1. The van der Waals surface area contributed by atoms with Crippen LogP contribution in [-0.2, 0) is 0 Å². The van der Waals surface area contributed by atoms with Gasteiger partial charge in [-0.05, 0) is 18.2 Å². The Kier molecular flexibility index (Phi) is 4.04. The first-order valence-corrected chi connectivity index (χ1v) is 6.31. The van der Waals surface area contributed by atoms with Crippen LogP contribution in [0.2, 0.25) is 5.02 Å². The van der Waals surface area contributed by atoms with Gasteiger partial charge in [-0.3, -0.25) is 4.57 Å². The van der Waals surface area contributed by atoms with E-state index in [1.165, 1.54) is 17.8 Å². The Labute approximate surface area is 107 Å². The quantitative estimate of drug-likeness (QED) is 0.870. The Bertz CT molecular complexity index is 518. The van der Waals surface area contributed by atoms with E-state index in [1.54, 1.807) is 29.1 Å². The standard InChI is InChI=1S/C11H10ClFN2OS/c12-9-7-8(1-2-10(9)13)15-4-3-14-11(15)17-6-5-16/h1-4,7,16H,5-6H2. The molecule has 1 N–H and O–H groups in total. The first-order chi connectivity index (χ1) is 8.22. The summed E-state index contributed by atoms with van der Waals surface area (Å²) in [5.41, 5.74) is 0.745. The number of nitrogens with zero attached hydrogens (tertiary/aromatic N) is 2. The third-order valence-electron chi connectivity index (χ3n) is 2.11. The van der Waals surface area contributed by atoms with E-state index in [2.05, 4.69) is 4.98 Å². The molecule has 0 amide bonds. The highest BCUT2D eigenvalue weighted by molar-refractivity contribution is 7.99. The minimum atomic E-state index is -0.444. The van der Waals surface area contributed by atoms with Crippen molar-refractivity contribution < 1.29 is 9.50 Å². The molecule has 0 spiro atoms. The number of aromatic nitrogens is 2. The topological polar surface area (TPSA) is 38.1 Å². The van der Waals surface area contributed by atoms with Gasteiger partial charge in [0.15, 0.2) is 5.16 Å². The molecule has 90 valence electrons. The molecule has 1 aromatic carbocycles. The van der Waals surface area contributed by atoms with Crippen LogP contribution in [0.25, 0.3) is 5.69 Å². The molecule has 1 aromatic heterocycles. The number of aliphatic hydroxyl groups is 1. The number of imidazole rings is 1. The summed E-state index contributed by atoms with van der Waals surface area (Å²) in [5, 5.41) is 9.59. The second-order valence-electron chi connectivity index (χ2n) is 3.25. The predicted molar refractivity (Wildman–Crippen MR) is 66.3 cm³/mol. The van der Waals surface area contributed by atoms with Crippen LogP contribution in [0.3, 0.4) is 0 Å². The van der Waals surface area contributed by atoms with Crippen LogP contribution in [0.15, 0.2) is 35.7 Å². The summed E-state index contributed by atoms with van der Waals surface area (Å²) in [7, 11) is 0. The molecule has 0 aliphatic heterocycles. The highest BCUT2D eigenvalue weighted by atomic mass is 35.5. The molecule has 0 saturated carbocycles. The number of benzene rings is 1. The molecule has 2 rings (SSSR count). The second kappa shape index (κ2) is 5.53. The molecule has 0 aliphatic rings. The molecule has 6 heteroatoms. The maximum absolute atomic E-state index is 13.0. The lowest BCUT2D eigenvalue weighted by Gasteiger charge is -2.07. The highest BCUT2D eigenvalue weighted by Crippen LogP contribution is 2.23. The molecule has 0 fully saturated rings. The largest absolute Gasteiger partial charge is 0.396 e. The summed E-state index contributed by atoms with van der Waals surface area (Å²) in [5.74, 6) is 0.117. The first kappa shape index (κ1) is 12.4. The summed E-state index contributed by atoms with van der Waals surface area (Å²) >= 11 is 7.16. The molecule has 0 bridgehead atoms. The fraction of sp³-hybridized carbons (Fsp3) is 0.182. The molecule has 0 atom stereocenters. The zero-order valence-corrected chi connectivity index (χ0v) is 10.4. The maximum Gasteiger partial charge on any atom is 0.172 e. The third-order valence-corrected chi connectivity index (χ3v) is 3.35. The first-order valence-electron chi connectivity index (χ1n) is 4.95. The minimum absolute atomic E-state index is 0.0781. The lowest BCUT2D eigenvalue weighted by atomic mass is 10.3. The van der Waals surface area contributed by atoms with Crippen molar-refractivity contribution in [3.63, 3.8) is 0 Å². The van der Waals surface area contributed by atoms with Crippen LogP contribution in [-0.4, -0.2) is 27.0 Å². The van der Waals surface area contributed by atoms with Crippen molar-refractivity contribution in [2.24, 2.45) is 0 Å². The van der Waals surface area contributed by atoms with Crippen molar-refractivity contribution in [3.05, 3.63) is 41.4 Å². The Morgan fingerprint density at radius 1 is 1.47 bits per heavy atom. The summed E-state index contributed by atoms with van der Waals surface area (Å²) < 4.78 is 14.8. The van der Waals surface area contributed by atoms with E-state index in [1.807, 2.05) is 0 Å². The Hall–Kier alpha value is -1.04. The molecule has 3 nitrogen and oxygen atoms in total. The van der Waals surface area contributed by atoms with Crippen molar-refractivity contribution in [2.45, 2.75) is 5.16 Å². The summed E-state index contributed by atoms with van der Waals surface area (Å²) in [6.45, 7) is 0.0850. The lowest BCUT2D eigenvalue weighted by molar-refractivity contribution is 0.322. The van der Waals surface area contributed by atoms with Gasteiger partial charge in [-0.2, -0.15) is 0 Å². The van der Waals surface area contributed by atoms with Crippen molar-refractivity contribution in [3.8, 4) is 5.69 Å². The lowest BCUT2D eigenvalue weighted by Crippen LogP contribution is -1.97. The molecule has 0 aliphatic carbocycles. The van der Waals surface area contributed by atoms with E-state index in [0.29, 0.717) is 5.75 Å². The summed E-state index contributed by atoms with van der Waals surface area (Å²) in [6, 6.07) is 4.49. The van der Waals surface area contributed by atoms with Gasteiger partial charge in [0, 0.05) is 23.8 Å². The van der Waals surface area contributed by atoms with Crippen molar-refractivity contribution >= 4 is 23.4 Å². The van der Waals surface area contributed by atoms with Crippen LogP contribution in [0.4, 0.5) is 4.39 Å². The van der Waals surface area contributed by atoms with Crippen LogP contribution >= 0.6 is 23.4 Å². The predicted octanol–water partition coefficient (Wildman–Crippen LogP) is 2.75. The van der Waals surface area contributed by atoms with Gasteiger partial charge in [0.05, 0.1) is 11.6 Å². The Morgan fingerprint density at radius 3 is 3.00 bits per heavy atom. The molecule has 2 aromatic rings. The van der Waals surface area contributed by atoms with Crippen LogP contribution in [0.5, 0.6) is 0 Å². The van der Waals surface area contributed by atoms with Gasteiger partial charge in [-0.15, -0.1) is 0 Å². The Morgan fingerprint density at radius 2 is 2.29 bits per heavy atom. The van der Waals surface area contributed by atoms with Crippen molar-refractivity contribution in [1.29, 1.82) is 0 Å². The number of thioether (sulfide) groups is 1. The summed E-state index contributed by atoms with van der Waals surface area (Å²) in [4.78, 5) is 4.16. The van der Waals surface area contributed by atoms with Crippen molar-refractivity contribution in [2.75, 3.05) is 12.4 Å². The van der Waals surface area contributed by atoms with Gasteiger partial charge in [-0.1, -0.05) is 23.4 Å². The molecule has 0 saturated heterocycles. The van der Waals surface area contributed by atoms with Gasteiger partial charge >= 0.3 is 0 Å². The van der Waals surface area contributed by atoms with Crippen LogP contribution in [0, 0.1) is 5.82 Å². The second-order valence-corrected chi connectivity index (χ2v) is 4.72. The molecular formula is C11H10ClFN2OS. The van der Waals surface area contributed by atoms with E-state index in [-0.39, 0.29) is 11.6 Å². The normalized spacial score (nSPS) is 10.8. The van der Waals surface area contributed by atoms with E-state index >= 15 is 0 Å². The van der Waals surface area contributed by atoms with Gasteiger partial charge in [-0.25, -0.2) is 9.37 Å². The van der Waals surface area contributed by atoms with E-state index in [9.17, 15) is 4.39 Å². The average molecular weight is 273 g/mol. The molecule has 0 unspecified atom stereocenters. The van der Waals surface area contributed by atoms with E-state index < -0.39 is 5.82 Å². The van der Waals surface area contributed by atoms with Crippen LogP contribution in [0.1, 0.15) is 0 Å². The third kappa shape index (κ3) is 2.80. The van der Waals surface area contributed by atoms with Gasteiger partial charge < -0.3 is 5.11 Å². The maximum atomic E-state index is 13.0. The number of hydrogen-bond donors (Lipinski definition) is 1. The van der Waals surface area contributed by atoms with E-state index in [4.69, 9.17) is 16.7 Å². The summed E-state index contributed by atoms with van der Waals surface area (Å²) in [6.07, 6.45) is 3.42. The van der Waals surface area contributed by atoms with Crippen LogP contribution < -0.4 is 0 Å². The zero-order chi connectivity index (χ0) is 12.3. The van der Waals surface area contributed by atoms with Gasteiger partial charge in [0.1, 0.15) is 5.82 Å². The molecular weight excluding hydrogens is 263 g/mol. The fourth-order valence-corrected chi connectivity index (χ4v) is 2.25. The average Bonchev–Trinajstić information content (AvgIpc) is 2.78. The molecule has 17 heavy (non-hydrogen) atoms. The highest BCUT2D eigenvalue weighted by Gasteiger charge is 2.07. The van der Waals surface area contributed by atoms with Gasteiger partial charge in [0.2, 0.25) is 0 Å². The number of aliphatic hydroxyl groups excluding tert-OH is 1. The van der Waals surface area contributed by atoms with Gasteiger partial charge in [0.25, 0.3) is 0 Å². The Balaban J connectivity index is 2.32. The zero-order valence-electron chi connectivity index (χ0n) is 8.81. The minimum Gasteiger partial charge on any atom is -0.396 e. The van der Waals surface area contributed by atoms with Crippen molar-refractivity contribution in [1.82, 2.24) is 9.55 Å². The smallest absolute Gasteiger partial charge is 0.172 e. The number of rotatable bonds is 4. The number of halogens is 2. The molecule has 0 radical (unpaired) electrons. The molecule has 1 heterocycles.